The number of carbonyl (C=O) groups is 1. The van der Waals surface area contributed by atoms with Gasteiger partial charge in [-0.2, -0.15) is 0 Å². The van der Waals surface area contributed by atoms with E-state index in [1.165, 1.54) is 4.90 Å². The Bertz CT molecular complexity index is 288. The molecule has 0 aromatic carbocycles. The van der Waals surface area contributed by atoms with Gasteiger partial charge in [0.2, 0.25) is 6.41 Å². The third-order valence-electron chi connectivity index (χ3n) is 2.39. The minimum atomic E-state index is -2.94. The molecule has 1 atom stereocenters. The van der Waals surface area contributed by atoms with Crippen LogP contribution in [0.2, 0.25) is 0 Å². The minimum Gasteiger partial charge on any atom is -0.396 e. The summed E-state index contributed by atoms with van der Waals surface area (Å²) in [6, 6.07) is -0.191. The molecule has 1 aliphatic heterocycles. The lowest BCUT2D eigenvalue weighted by Gasteiger charge is -2.22. The van der Waals surface area contributed by atoms with Crippen molar-refractivity contribution in [2.24, 2.45) is 0 Å². The maximum absolute atomic E-state index is 11.1. The second kappa shape index (κ2) is 4.75. The fourth-order valence-corrected chi connectivity index (χ4v) is 3.35. The topological polar surface area (TPSA) is 74.7 Å². The van der Waals surface area contributed by atoms with E-state index >= 15 is 0 Å². The molecule has 0 spiro atoms. The van der Waals surface area contributed by atoms with Gasteiger partial charge >= 0.3 is 0 Å². The van der Waals surface area contributed by atoms with Gasteiger partial charge in [0.1, 0.15) is 0 Å². The van der Waals surface area contributed by atoms with Crippen LogP contribution in [0, 0.1) is 0 Å². The molecule has 1 rings (SSSR count). The Balaban J connectivity index is 2.50. The van der Waals surface area contributed by atoms with Gasteiger partial charge in [-0.1, -0.05) is 0 Å². The van der Waals surface area contributed by atoms with E-state index < -0.39 is 9.84 Å². The summed E-state index contributed by atoms with van der Waals surface area (Å²) in [6.45, 7) is 0.448. The first-order valence-electron chi connectivity index (χ1n) is 4.61. The molecule has 1 amide bonds. The summed E-state index contributed by atoms with van der Waals surface area (Å²) >= 11 is 0. The Morgan fingerprint density at radius 1 is 1.50 bits per heavy atom. The normalized spacial score (nSPS) is 24.8. The Labute approximate surface area is 83.6 Å². The molecular formula is C8H15NO4S. The molecule has 1 saturated heterocycles. The van der Waals surface area contributed by atoms with Gasteiger partial charge in [-0.15, -0.1) is 0 Å². The molecule has 14 heavy (non-hydrogen) atoms. The van der Waals surface area contributed by atoms with Crippen molar-refractivity contribution in [3.8, 4) is 0 Å². The first-order valence-corrected chi connectivity index (χ1v) is 6.43. The van der Waals surface area contributed by atoms with Crippen molar-refractivity contribution < 1.29 is 18.3 Å². The number of hydrogen-bond donors (Lipinski definition) is 1. The Morgan fingerprint density at radius 2 is 2.21 bits per heavy atom. The van der Waals surface area contributed by atoms with Crippen LogP contribution in [0.1, 0.15) is 12.8 Å². The number of aliphatic hydroxyl groups is 1. The van der Waals surface area contributed by atoms with Crippen LogP contribution in [0.4, 0.5) is 0 Å². The van der Waals surface area contributed by atoms with Crippen molar-refractivity contribution in [3.63, 3.8) is 0 Å². The Kier molecular flexibility index (Phi) is 3.88. The molecule has 5 nitrogen and oxygen atoms in total. The van der Waals surface area contributed by atoms with Crippen molar-refractivity contribution >= 4 is 16.2 Å². The summed E-state index contributed by atoms with van der Waals surface area (Å²) in [5.41, 5.74) is 0. The lowest BCUT2D eigenvalue weighted by molar-refractivity contribution is -0.119. The number of amides is 1. The average Bonchev–Trinajstić information content (AvgIpc) is 2.48. The lowest BCUT2D eigenvalue weighted by Crippen LogP contribution is -2.36. The van der Waals surface area contributed by atoms with E-state index in [0.29, 0.717) is 25.8 Å². The first kappa shape index (κ1) is 11.5. The molecule has 1 fully saturated rings. The Hall–Kier alpha value is -0.620. The maximum Gasteiger partial charge on any atom is 0.209 e. The van der Waals surface area contributed by atoms with Crippen LogP contribution in [0.5, 0.6) is 0 Å². The van der Waals surface area contributed by atoms with Crippen LogP contribution in [0.3, 0.4) is 0 Å². The molecule has 6 heteroatoms. The molecule has 0 saturated carbocycles. The number of hydrogen-bond acceptors (Lipinski definition) is 4. The summed E-state index contributed by atoms with van der Waals surface area (Å²) in [5, 5.41) is 8.60. The van der Waals surface area contributed by atoms with E-state index in [2.05, 4.69) is 0 Å². The monoisotopic (exact) mass is 221 g/mol. The zero-order chi connectivity index (χ0) is 10.6. The van der Waals surface area contributed by atoms with Gasteiger partial charge in [0.15, 0.2) is 9.84 Å². The molecule has 1 unspecified atom stereocenters. The smallest absolute Gasteiger partial charge is 0.209 e. The minimum absolute atomic E-state index is 0.0177. The molecule has 1 aliphatic rings. The number of nitrogens with zero attached hydrogens (tertiary/aromatic N) is 1. The van der Waals surface area contributed by atoms with Crippen molar-refractivity contribution in [1.82, 2.24) is 4.90 Å². The van der Waals surface area contributed by atoms with E-state index in [0.717, 1.165) is 0 Å². The van der Waals surface area contributed by atoms with E-state index in [1.807, 2.05) is 0 Å². The van der Waals surface area contributed by atoms with Crippen molar-refractivity contribution in [3.05, 3.63) is 0 Å². The molecule has 82 valence electrons. The lowest BCUT2D eigenvalue weighted by atomic mass is 10.2. The second-order valence-electron chi connectivity index (χ2n) is 3.48. The van der Waals surface area contributed by atoms with Crippen LogP contribution in [0.15, 0.2) is 0 Å². The van der Waals surface area contributed by atoms with E-state index in [9.17, 15) is 13.2 Å². The quantitative estimate of drug-likeness (QED) is 0.605. The maximum atomic E-state index is 11.1. The van der Waals surface area contributed by atoms with Crippen molar-refractivity contribution in [2.75, 3.05) is 24.7 Å². The zero-order valence-corrected chi connectivity index (χ0v) is 8.74. The second-order valence-corrected chi connectivity index (χ2v) is 5.71. The van der Waals surface area contributed by atoms with Gasteiger partial charge in [-0.3, -0.25) is 4.79 Å². The fourth-order valence-electron chi connectivity index (χ4n) is 1.61. The van der Waals surface area contributed by atoms with Gasteiger partial charge < -0.3 is 10.0 Å². The summed E-state index contributed by atoms with van der Waals surface area (Å²) in [5.74, 6) is 0.234. The predicted molar refractivity (Wildman–Crippen MR) is 51.5 cm³/mol. The highest BCUT2D eigenvalue weighted by molar-refractivity contribution is 7.91. The molecule has 0 radical (unpaired) electrons. The zero-order valence-electron chi connectivity index (χ0n) is 7.92. The number of rotatable bonds is 5. The van der Waals surface area contributed by atoms with Gasteiger partial charge in [0.25, 0.3) is 0 Å². The molecule has 0 aromatic rings. The number of sulfone groups is 1. The third kappa shape index (κ3) is 2.95. The number of aliphatic hydroxyl groups excluding tert-OH is 1. The van der Waals surface area contributed by atoms with E-state index in [4.69, 9.17) is 5.11 Å². The SMILES string of the molecule is O=CN(CCCO)C1CCS(=O)(=O)C1. The fraction of sp³-hybridized carbons (Fsp3) is 0.875. The predicted octanol–water partition coefficient (Wildman–Crippen LogP) is -0.986. The summed E-state index contributed by atoms with van der Waals surface area (Å²) in [4.78, 5) is 12.1. The van der Waals surface area contributed by atoms with Crippen LogP contribution < -0.4 is 0 Å². The highest BCUT2D eigenvalue weighted by Gasteiger charge is 2.31. The van der Waals surface area contributed by atoms with Gasteiger partial charge in [0, 0.05) is 19.2 Å². The Morgan fingerprint density at radius 3 is 2.64 bits per heavy atom. The molecule has 1 N–H and O–H groups in total. The number of carbonyl (C=O) groups excluding carboxylic acids is 1. The molecular weight excluding hydrogens is 206 g/mol. The van der Waals surface area contributed by atoms with E-state index in [-0.39, 0.29) is 24.2 Å². The summed E-state index contributed by atoms with van der Waals surface area (Å²) in [6.07, 6.45) is 1.68. The van der Waals surface area contributed by atoms with Crippen LogP contribution >= 0.6 is 0 Å². The van der Waals surface area contributed by atoms with Crippen molar-refractivity contribution in [2.45, 2.75) is 18.9 Å². The van der Waals surface area contributed by atoms with E-state index in [1.54, 1.807) is 0 Å². The largest absolute Gasteiger partial charge is 0.396 e. The van der Waals surface area contributed by atoms with Crippen LogP contribution in [-0.4, -0.2) is 55.5 Å². The standard InChI is InChI=1S/C8H15NO4S/c10-4-1-3-9(7-11)8-2-5-14(12,13)6-8/h7-8,10H,1-6H2. The molecule has 0 aliphatic carbocycles. The van der Waals surface area contributed by atoms with Gasteiger partial charge in [-0.25, -0.2) is 8.42 Å². The molecule has 0 bridgehead atoms. The van der Waals surface area contributed by atoms with Crippen LogP contribution in [-0.2, 0) is 14.6 Å². The summed E-state index contributed by atoms with van der Waals surface area (Å²) in [7, 11) is -2.94. The highest BCUT2D eigenvalue weighted by atomic mass is 32.2. The molecule has 1 heterocycles. The van der Waals surface area contributed by atoms with Crippen molar-refractivity contribution in [1.29, 1.82) is 0 Å². The third-order valence-corrected chi connectivity index (χ3v) is 4.14. The average molecular weight is 221 g/mol. The molecule has 0 aromatic heterocycles. The van der Waals surface area contributed by atoms with Gasteiger partial charge in [-0.05, 0) is 12.8 Å². The summed E-state index contributed by atoms with van der Waals surface area (Å²) < 4.78 is 22.3. The van der Waals surface area contributed by atoms with Crippen LogP contribution in [0.25, 0.3) is 0 Å². The highest BCUT2D eigenvalue weighted by Crippen LogP contribution is 2.16. The first-order chi connectivity index (χ1) is 6.59. The van der Waals surface area contributed by atoms with Gasteiger partial charge in [0.05, 0.1) is 11.5 Å².